The van der Waals surface area contributed by atoms with Crippen molar-refractivity contribution < 1.29 is 37.0 Å². The lowest BCUT2D eigenvalue weighted by atomic mass is 10.2. The van der Waals surface area contributed by atoms with Crippen molar-refractivity contribution in [3.63, 3.8) is 0 Å². The first kappa shape index (κ1) is 26.6. The largest absolute Gasteiger partial charge is 0.490 e. The Balaban J connectivity index is 0.000000454. The van der Waals surface area contributed by atoms with Gasteiger partial charge in [-0.15, -0.1) is 0 Å². The van der Waals surface area contributed by atoms with Crippen molar-refractivity contribution in [2.75, 3.05) is 36.5 Å². The first-order valence-corrected chi connectivity index (χ1v) is 10.6. The molecule has 4 rings (SSSR count). The predicted molar refractivity (Wildman–Crippen MR) is 122 cm³/mol. The lowest BCUT2D eigenvalue weighted by molar-refractivity contribution is -0.192. The zero-order valence-electron chi connectivity index (χ0n) is 19.3. The van der Waals surface area contributed by atoms with E-state index in [1.54, 1.807) is 49.1 Å². The molecular weight excluding hydrogens is 486 g/mol. The van der Waals surface area contributed by atoms with Gasteiger partial charge < -0.3 is 24.6 Å². The normalized spacial score (nSPS) is 13.6. The number of benzene rings is 1. The molecule has 192 valence electrons. The standard InChI is InChI=1S/C21H22FN5O2.C2HF3O2/c1-14-3-4-17(10-18(14)22)25-20(28)19-9-15(13-26(19)2)16-11-23-21(24-12-16)27-5-7-29-8-6-27;3-2(4,5)1(6)7/h3-4,9-13H,5-8H2,1-2H3,(H,25,28);(H,6,7). The van der Waals surface area contributed by atoms with Gasteiger partial charge in [0, 0.05) is 55.5 Å². The smallest absolute Gasteiger partial charge is 0.475 e. The zero-order valence-corrected chi connectivity index (χ0v) is 19.3. The first-order valence-electron chi connectivity index (χ1n) is 10.6. The maximum absolute atomic E-state index is 13.7. The molecule has 1 amide bonds. The Hall–Kier alpha value is -4.00. The first-order chi connectivity index (χ1) is 17.0. The van der Waals surface area contributed by atoms with E-state index >= 15 is 0 Å². The van der Waals surface area contributed by atoms with Crippen LogP contribution in [-0.4, -0.2) is 64.0 Å². The minimum absolute atomic E-state index is 0.312. The summed E-state index contributed by atoms with van der Waals surface area (Å²) >= 11 is 0. The molecule has 0 bridgehead atoms. The van der Waals surface area contributed by atoms with E-state index in [0.717, 1.165) is 24.2 Å². The van der Waals surface area contributed by atoms with Gasteiger partial charge in [0.05, 0.1) is 13.2 Å². The van der Waals surface area contributed by atoms with E-state index in [1.807, 2.05) is 6.20 Å². The van der Waals surface area contributed by atoms with Crippen molar-refractivity contribution in [2.45, 2.75) is 13.1 Å². The average molecular weight is 509 g/mol. The molecule has 9 nitrogen and oxygen atoms in total. The fraction of sp³-hybridized carbons (Fsp3) is 0.304. The Kier molecular flexibility index (Phi) is 8.25. The molecule has 0 saturated carbocycles. The third kappa shape index (κ3) is 6.78. The van der Waals surface area contributed by atoms with Crippen LogP contribution in [0.15, 0.2) is 42.9 Å². The highest BCUT2D eigenvalue weighted by Gasteiger charge is 2.38. The minimum atomic E-state index is -5.08. The number of morpholine rings is 1. The molecule has 0 aliphatic carbocycles. The van der Waals surface area contributed by atoms with E-state index in [0.29, 0.717) is 36.1 Å². The summed E-state index contributed by atoms with van der Waals surface area (Å²) in [6.45, 7) is 4.57. The number of aromatic nitrogens is 3. The topological polar surface area (TPSA) is 110 Å². The van der Waals surface area contributed by atoms with Crippen molar-refractivity contribution in [1.82, 2.24) is 14.5 Å². The molecule has 36 heavy (non-hydrogen) atoms. The van der Waals surface area contributed by atoms with Crippen LogP contribution in [0.5, 0.6) is 0 Å². The number of nitrogens with zero attached hydrogens (tertiary/aromatic N) is 4. The molecule has 2 N–H and O–H groups in total. The molecule has 0 atom stereocenters. The van der Waals surface area contributed by atoms with Crippen LogP contribution in [-0.2, 0) is 16.6 Å². The Labute approximate surface area is 203 Å². The number of rotatable bonds is 4. The van der Waals surface area contributed by atoms with Gasteiger partial charge in [0.15, 0.2) is 0 Å². The van der Waals surface area contributed by atoms with Gasteiger partial charge >= 0.3 is 12.1 Å². The summed E-state index contributed by atoms with van der Waals surface area (Å²) in [5, 5.41) is 9.86. The summed E-state index contributed by atoms with van der Waals surface area (Å²) in [4.78, 5) is 32.5. The summed E-state index contributed by atoms with van der Waals surface area (Å²) in [5.41, 5.74) is 3.06. The number of anilines is 2. The lowest BCUT2D eigenvalue weighted by Gasteiger charge is -2.26. The van der Waals surface area contributed by atoms with Gasteiger partial charge in [0.1, 0.15) is 11.5 Å². The highest BCUT2D eigenvalue weighted by Crippen LogP contribution is 2.23. The molecule has 3 heterocycles. The number of alkyl halides is 3. The van der Waals surface area contributed by atoms with Gasteiger partial charge in [-0.05, 0) is 30.7 Å². The number of aliphatic carboxylic acids is 1. The number of amides is 1. The molecular formula is C23H23F4N5O4. The Morgan fingerprint density at radius 1 is 1.08 bits per heavy atom. The van der Waals surface area contributed by atoms with Crippen LogP contribution in [0.25, 0.3) is 11.1 Å². The fourth-order valence-corrected chi connectivity index (χ4v) is 3.21. The quantitative estimate of drug-likeness (QED) is 0.517. The van der Waals surface area contributed by atoms with Gasteiger partial charge in [0.25, 0.3) is 5.91 Å². The SMILES string of the molecule is Cc1ccc(NC(=O)c2cc(-c3cnc(N4CCOCC4)nc3)cn2C)cc1F.O=C(O)C(F)(F)F. The lowest BCUT2D eigenvalue weighted by Crippen LogP contribution is -2.37. The third-order valence-electron chi connectivity index (χ3n) is 5.18. The van der Waals surface area contributed by atoms with Crippen LogP contribution in [0.2, 0.25) is 0 Å². The number of hydrogen-bond donors (Lipinski definition) is 2. The number of ether oxygens (including phenoxy) is 1. The van der Waals surface area contributed by atoms with Crippen LogP contribution in [0.4, 0.5) is 29.2 Å². The number of carbonyl (C=O) groups excluding carboxylic acids is 1. The van der Waals surface area contributed by atoms with Crippen molar-refractivity contribution >= 4 is 23.5 Å². The molecule has 1 aromatic carbocycles. The summed E-state index contributed by atoms with van der Waals surface area (Å²) in [6.07, 6.45) is 0.270. The predicted octanol–water partition coefficient (Wildman–Crippen LogP) is 3.65. The number of carbonyl (C=O) groups is 2. The Bertz CT molecular complexity index is 1220. The van der Waals surface area contributed by atoms with Crippen molar-refractivity contribution in [3.8, 4) is 11.1 Å². The van der Waals surface area contributed by atoms with Crippen LogP contribution in [0.1, 0.15) is 16.1 Å². The van der Waals surface area contributed by atoms with Gasteiger partial charge in [0.2, 0.25) is 5.95 Å². The highest BCUT2D eigenvalue weighted by atomic mass is 19.4. The van der Waals surface area contributed by atoms with Gasteiger partial charge in [-0.2, -0.15) is 13.2 Å². The number of hydrogen-bond acceptors (Lipinski definition) is 6. The van der Waals surface area contributed by atoms with E-state index < -0.39 is 12.1 Å². The maximum Gasteiger partial charge on any atom is 0.490 e. The number of nitrogens with one attached hydrogen (secondary N) is 1. The number of halogens is 4. The monoisotopic (exact) mass is 509 g/mol. The summed E-state index contributed by atoms with van der Waals surface area (Å²) in [7, 11) is 1.79. The maximum atomic E-state index is 13.7. The van der Waals surface area contributed by atoms with Crippen LogP contribution in [0.3, 0.4) is 0 Å². The van der Waals surface area contributed by atoms with Crippen molar-refractivity contribution in [3.05, 3.63) is 59.9 Å². The zero-order chi connectivity index (χ0) is 26.5. The summed E-state index contributed by atoms with van der Waals surface area (Å²) in [5.74, 6) is -2.75. The van der Waals surface area contributed by atoms with Crippen molar-refractivity contribution in [2.24, 2.45) is 7.05 Å². The minimum Gasteiger partial charge on any atom is -0.475 e. The molecule has 1 fully saturated rings. The van der Waals surface area contributed by atoms with E-state index in [2.05, 4.69) is 20.2 Å². The van der Waals surface area contributed by atoms with Crippen LogP contribution < -0.4 is 10.2 Å². The van der Waals surface area contributed by atoms with Gasteiger partial charge in [-0.1, -0.05) is 6.07 Å². The van der Waals surface area contributed by atoms with E-state index in [-0.39, 0.29) is 11.7 Å². The van der Waals surface area contributed by atoms with E-state index in [4.69, 9.17) is 14.6 Å². The molecule has 0 unspecified atom stereocenters. The molecule has 3 aromatic rings. The molecule has 1 saturated heterocycles. The molecule has 0 spiro atoms. The second kappa shape index (κ2) is 11.2. The Morgan fingerprint density at radius 2 is 1.69 bits per heavy atom. The van der Waals surface area contributed by atoms with Crippen LogP contribution in [0, 0.1) is 12.7 Å². The van der Waals surface area contributed by atoms with E-state index in [9.17, 15) is 22.4 Å². The van der Waals surface area contributed by atoms with Gasteiger partial charge in [-0.25, -0.2) is 19.2 Å². The van der Waals surface area contributed by atoms with Crippen molar-refractivity contribution in [1.29, 1.82) is 0 Å². The molecule has 13 heteroatoms. The average Bonchev–Trinajstić information content (AvgIpc) is 3.23. The second-order valence-electron chi connectivity index (χ2n) is 7.82. The summed E-state index contributed by atoms with van der Waals surface area (Å²) in [6, 6.07) is 6.40. The number of aryl methyl sites for hydroxylation is 2. The molecule has 1 aliphatic heterocycles. The molecule has 0 radical (unpaired) electrons. The summed E-state index contributed by atoms with van der Waals surface area (Å²) < 4.78 is 52.5. The van der Waals surface area contributed by atoms with Crippen LogP contribution >= 0.6 is 0 Å². The second-order valence-corrected chi connectivity index (χ2v) is 7.82. The fourth-order valence-electron chi connectivity index (χ4n) is 3.21. The highest BCUT2D eigenvalue weighted by molar-refractivity contribution is 6.04. The van der Waals surface area contributed by atoms with E-state index in [1.165, 1.54) is 6.07 Å². The molecule has 1 aliphatic rings. The van der Waals surface area contributed by atoms with Gasteiger partial charge in [-0.3, -0.25) is 4.79 Å². The third-order valence-corrected chi connectivity index (χ3v) is 5.18. The Morgan fingerprint density at radius 3 is 2.25 bits per heavy atom. The number of carboxylic acids is 1. The molecule has 2 aromatic heterocycles. The number of carboxylic acid groups (broad SMARTS) is 1.